The standard InChI is InChI=1S/C21H21Cl2N3O2S/c1-2-3-6-11-24-19(27)13-29-21-25-17-8-5-4-7-15(17)20(28)26(21)18-10-9-14(22)12-16(18)23/h4-5,7-10,12H,2-3,6,11,13H2,1H3,(H,24,27). The number of nitrogens with one attached hydrogen (secondary N) is 1. The molecule has 0 fully saturated rings. The molecule has 1 heterocycles. The van der Waals surface area contributed by atoms with E-state index in [1.54, 1.807) is 36.4 Å². The molecule has 1 amide bonds. The minimum absolute atomic E-state index is 0.0951. The van der Waals surface area contributed by atoms with Crippen LogP contribution in [-0.4, -0.2) is 27.8 Å². The molecule has 0 unspecified atom stereocenters. The van der Waals surface area contributed by atoms with Gasteiger partial charge in [0.05, 0.1) is 27.4 Å². The maximum Gasteiger partial charge on any atom is 0.266 e. The highest BCUT2D eigenvalue weighted by Gasteiger charge is 2.16. The van der Waals surface area contributed by atoms with Gasteiger partial charge in [0.1, 0.15) is 0 Å². The van der Waals surface area contributed by atoms with E-state index in [4.69, 9.17) is 23.2 Å². The second-order valence-electron chi connectivity index (χ2n) is 6.49. The number of benzene rings is 2. The average molecular weight is 450 g/mol. The first-order valence-corrected chi connectivity index (χ1v) is 11.1. The molecule has 3 aromatic rings. The predicted octanol–water partition coefficient (Wildman–Crippen LogP) is 5.09. The van der Waals surface area contributed by atoms with Crippen molar-refractivity contribution in [2.45, 2.75) is 31.3 Å². The Kier molecular flexibility index (Phi) is 7.58. The first-order chi connectivity index (χ1) is 14.0. The summed E-state index contributed by atoms with van der Waals surface area (Å²) in [4.78, 5) is 30.0. The first-order valence-electron chi connectivity index (χ1n) is 9.38. The van der Waals surface area contributed by atoms with Gasteiger partial charge in [-0.1, -0.05) is 66.9 Å². The highest BCUT2D eigenvalue weighted by molar-refractivity contribution is 7.99. The third-order valence-electron chi connectivity index (χ3n) is 4.33. The molecule has 0 spiro atoms. The van der Waals surface area contributed by atoms with Crippen LogP contribution in [0.25, 0.3) is 16.6 Å². The Hall–Kier alpha value is -2.02. The van der Waals surface area contributed by atoms with E-state index in [1.165, 1.54) is 16.3 Å². The fourth-order valence-corrected chi connectivity index (χ4v) is 4.20. The van der Waals surface area contributed by atoms with Crippen LogP contribution in [0.4, 0.5) is 0 Å². The Morgan fingerprint density at radius 2 is 1.97 bits per heavy atom. The summed E-state index contributed by atoms with van der Waals surface area (Å²) in [6.07, 6.45) is 3.13. The average Bonchev–Trinajstić information content (AvgIpc) is 2.71. The lowest BCUT2D eigenvalue weighted by atomic mass is 10.2. The maximum absolute atomic E-state index is 13.2. The van der Waals surface area contributed by atoms with Crippen molar-refractivity contribution in [1.29, 1.82) is 0 Å². The number of fused-ring (bicyclic) bond motifs is 1. The zero-order chi connectivity index (χ0) is 20.8. The molecule has 0 aliphatic carbocycles. The number of thioether (sulfide) groups is 1. The summed E-state index contributed by atoms with van der Waals surface area (Å²) in [6, 6.07) is 12.0. The SMILES string of the molecule is CCCCCNC(=O)CSc1nc2ccccc2c(=O)n1-c1ccc(Cl)cc1Cl. The number of para-hydroxylation sites is 1. The van der Waals surface area contributed by atoms with Crippen LogP contribution in [0.2, 0.25) is 10.0 Å². The van der Waals surface area contributed by atoms with E-state index in [-0.39, 0.29) is 17.2 Å². The van der Waals surface area contributed by atoms with Gasteiger partial charge in [-0.3, -0.25) is 14.2 Å². The van der Waals surface area contributed by atoms with E-state index in [0.717, 1.165) is 19.3 Å². The van der Waals surface area contributed by atoms with Gasteiger partial charge in [0.15, 0.2) is 5.16 Å². The molecule has 1 aromatic heterocycles. The summed E-state index contributed by atoms with van der Waals surface area (Å²) in [5, 5.41) is 4.59. The van der Waals surface area contributed by atoms with Crippen molar-refractivity contribution in [3.05, 3.63) is 62.9 Å². The van der Waals surface area contributed by atoms with Crippen LogP contribution in [-0.2, 0) is 4.79 Å². The summed E-state index contributed by atoms with van der Waals surface area (Å²) < 4.78 is 1.44. The van der Waals surface area contributed by atoms with Crippen LogP contribution in [0.5, 0.6) is 0 Å². The summed E-state index contributed by atoms with van der Waals surface area (Å²) >= 11 is 13.6. The number of aromatic nitrogens is 2. The van der Waals surface area contributed by atoms with Gasteiger partial charge in [-0.2, -0.15) is 0 Å². The van der Waals surface area contributed by atoms with Crippen LogP contribution in [0.15, 0.2) is 52.4 Å². The van der Waals surface area contributed by atoms with Crippen molar-refractivity contribution in [3.63, 3.8) is 0 Å². The van der Waals surface area contributed by atoms with Gasteiger partial charge in [-0.15, -0.1) is 0 Å². The quantitative estimate of drug-likeness (QED) is 0.295. The number of carbonyl (C=O) groups excluding carboxylic acids is 1. The lowest BCUT2D eigenvalue weighted by Gasteiger charge is -2.14. The van der Waals surface area contributed by atoms with Crippen molar-refractivity contribution >= 4 is 51.8 Å². The molecule has 0 radical (unpaired) electrons. The molecular weight excluding hydrogens is 429 g/mol. The topological polar surface area (TPSA) is 64.0 Å². The highest BCUT2D eigenvalue weighted by atomic mass is 35.5. The molecule has 5 nitrogen and oxygen atoms in total. The third-order valence-corrected chi connectivity index (χ3v) is 5.81. The molecular formula is C21H21Cl2N3O2S. The van der Waals surface area contributed by atoms with Crippen LogP contribution in [0, 0.1) is 0 Å². The lowest BCUT2D eigenvalue weighted by molar-refractivity contribution is -0.118. The summed E-state index contributed by atoms with van der Waals surface area (Å²) in [5.74, 6) is 0.0597. The zero-order valence-corrected chi connectivity index (χ0v) is 18.3. The van der Waals surface area contributed by atoms with E-state index in [1.807, 2.05) is 6.07 Å². The number of hydrogen-bond donors (Lipinski definition) is 1. The van der Waals surface area contributed by atoms with Crippen molar-refractivity contribution in [2.24, 2.45) is 0 Å². The number of unbranched alkanes of at least 4 members (excludes halogenated alkanes) is 2. The normalized spacial score (nSPS) is 11.0. The second kappa shape index (κ2) is 10.1. The van der Waals surface area contributed by atoms with Crippen molar-refractivity contribution in [3.8, 4) is 5.69 Å². The van der Waals surface area contributed by atoms with Crippen LogP contribution >= 0.6 is 35.0 Å². The molecule has 0 aliphatic rings. The number of hydrogen-bond acceptors (Lipinski definition) is 4. The lowest BCUT2D eigenvalue weighted by Crippen LogP contribution is -2.27. The van der Waals surface area contributed by atoms with Gasteiger partial charge in [-0.25, -0.2) is 4.98 Å². The molecule has 0 atom stereocenters. The molecule has 29 heavy (non-hydrogen) atoms. The van der Waals surface area contributed by atoms with Gasteiger partial charge in [-0.05, 0) is 36.8 Å². The molecule has 0 saturated carbocycles. The Morgan fingerprint density at radius 3 is 2.72 bits per heavy atom. The maximum atomic E-state index is 13.2. The van der Waals surface area contributed by atoms with Crippen molar-refractivity contribution in [2.75, 3.05) is 12.3 Å². The largest absolute Gasteiger partial charge is 0.355 e. The van der Waals surface area contributed by atoms with E-state index < -0.39 is 0 Å². The van der Waals surface area contributed by atoms with Crippen molar-refractivity contribution in [1.82, 2.24) is 14.9 Å². The van der Waals surface area contributed by atoms with E-state index in [2.05, 4.69) is 17.2 Å². The fraction of sp³-hybridized carbons (Fsp3) is 0.286. The molecule has 3 rings (SSSR count). The minimum atomic E-state index is -0.245. The molecule has 1 N–H and O–H groups in total. The van der Waals surface area contributed by atoms with E-state index >= 15 is 0 Å². The van der Waals surface area contributed by atoms with E-state index in [0.29, 0.717) is 38.3 Å². The van der Waals surface area contributed by atoms with E-state index in [9.17, 15) is 9.59 Å². The predicted molar refractivity (Wildman–Crippen MR) is 121 cm³/mol. The number of nitrogens with zero attached hydrogens (tertiary/aromatic N) is 2. The Labute approximate surface area is 183 Å². The Balaban J connectivity index is 1.95. The summed E-state index contributed by atoms with van der Waals surface area (Å²) in [6.45, 7) is 2.76. The zero-order valence-electron chi connectivity index (χ0n) is 16.0. The molecule has 0 bridgehead atoms. The number of rotatable bonds is 8. The monoisotopic (exact) mass is 449 g/mol. The second-order valence-corrected chi connectivity index (χ2v) is 8.28. The van der Waals surface area contributed by atoms with Crippen LogP contribution < -0.4 is 10.9 Å². The van der Waals surface area contributed by atoms with Gasteiger partial charge >= 0.3 is 0 Å². The fourth-order valence-electron chi connectivity index (χ4n) is 2.87. The first kappa shape index (κ1) is 21.7. The highest BCUT2D eigenvalue weighted by Crippen LogP contribution is 2.28. The Bertz CT molecular complexity index is 1090. The summed E-state index contributed by atoms with van der Waals surface area (Å²) in [5.41, 5.74) is 0.806. The number of amides is 1. The molecule has 2 aromatic carbocycles. The molecule has 0 saturated heterocycles. The smallest absolute Gasteiger partial charge is 0.266 e. The van der Waals surface area contributed by atoms with Gasteiger partial charge in [0.2, 0.25) is 5.91 Å². The molecule has 0 aliphatic heterocycles. The molecule has 8 heteroatoms. The number of halogens is 2. The number of carbonyl (C=O) groups is 1. The van der Waals surface area contributed by atoms with Crippen LogP contribution in [0.3, 0.4) is 0 Å². The van der Waals surface area contributed by atoms with Gasteiger partial charge in [0, 0.05) is 11.6 Å². The van der Waals surface area contributed by atoms with Crippen molar-refractivity contribution < 1.29 is 4.79 Å². The van der Waals surface area contributed by atoms with Gasteiger partial charge < -0.3 is 5.32 Å². The third kappa shape index (κ3) is 5.32. The van der Waals surface area contributed by atoms with Gasteiger partial charge in [0.25, 0.3) is 5.56 Å². The minimum Gasteiger partial charge on any atom is -0.355 e. The summed E-state index contributed by atoms with van der Waals surface area (Å²) in [7, 11) is 0. The Morgan fingerprint density at radius 1 is 1.17 bits per heavy atom. The molecule has 152 valence electrons. The van der Waals surface area contributed by atoms with Crippen LogP contribution in [0.1, 0.15) is 26.2 Å².